The van der Waals surface area contributed by atoms with E-state index in [2.05, 4.69) is 0 Å². The maximum atomic E-state index is 11.7. The zero-order valence-electron chi connectivity index (χ0n) is 10.6. The summed E-state index contributed by atoms with van der Waals surface area (Å²) in [5.41, 5.74) is -0.487. The van der Waals surface area contributed by atoms with Gasteiger partial charge in [0.05, 0.1) is 0 Å². The van der Waals surface area contributed by atoms with Gasteiger partial charge in [0.15, 0.2) is 0 Å². The van der Waals surface area contributed by atoms with Gasteiger partial charge in [0.25, 0.3) is 0 Å². The standard InChI is InChI=1S/C11H19NO3/c1-11(2,3)15-10(14)12-6-4-9(8-13)5-7-12/h8-9H,4-7H2,1-3H3/i8D. The first kappa shape index (κ1) is 10.5. The van der Waals surface area contributed by atoms with Gasteiger partial charge in [-0.15, -0.1) is 0 Å². The van der Waals surface area contributed by atoms with Crippen LogP contribution < -0.4 is 0 Å². The van der Waals surface area contributed by atoms with Crippen molar-refractivity contribution in [3.8, 4) is 0 Å². The molecule has 1 fully saturated rings. The molecule has 1 saturated heterocycles. The van der Waals surface area contributed by atoms with Crippen LogP contribution in [0.1, 0.15) is 35.0 Å². The van der Waals surface area contributed by atoms with E-state index in [0.29, 0.717) is 25.9 Å². The van der Waals surface area contributed by atoms with Crippen molar-refractivity contribution < 1.29 is 15.7 Å². The van der Waals surface area contributed by atoms with Gasteiger partial charge >= 0.3 is 6.09 Å². The monoisotopic (exact) mass is 214 g/mol. The highest BCUT2D eigenvalue weighted by atomic mass is 16.6. The molecule has 4 heteroatoms. The Morgan fingerprint density at radius 3 is 2.40 bits per heavy atom. The highest BCUT2D eigenvalue weighted by Crippen LogP contribution is 2.17. The molecule has 1 rings (SSSR count). The van der Waals surface area contributed by atoms with Crippen molar-refractivity contribution in [3.63, 3.8) is 0 Å². The van der Waals surface area contributed by atoms with Gasteiger partial charge in [-0.2, -0.15) is 0 Å². The van der Waals surface area contributed by atoms with Crippen LogP contribution in [-0.4, -0.2) is 35.9 Å². The summed E-state index contributed by atoms with van der Waals surface area (Å²) < 4.78 is 12.2. The lowest BCUT2D eigenvalue weighted by atomic mass is 9.99. The number of carbonyl (C=O) groups excluding carboxylic acids is 2. The summed E-state index contributed by atoms with van der Waals surface area (Å²) in [6.07, 6.45) is 0.288. The van der Waals surface area contributed by atoms with Gasteiger partial charge in [-0.25, -0.2) is 4.79 Å². The Kier molecular flexibility index (Phi) is 3.23. The van der Waals surface area contributed by atoms with E-state index in [1.807, 2.05) is 20.8 Å². The lowest BCUT2D eigenvalue weighted by Crippen LogP contribution is -2.41. The normalized spacial score (nSPS) is 19.7. The van der Waals surface area contributed by atoms with E-state index in [4.69, 9.17) is 6.11 Å². The van der Waals surface area contributed by atoms with Crippen LogP contribution in [0.25, 0.3) is 0 Å². The number of likely N-dealkylation sites (tertiary alicyclic amines) is 1. The minimum atomic E-state index is -0.524. The number of amides is 1. The maximum absolute atomic E-state index is 11.7. The van der Waals surface area contributed by atoms with Crippen molar-refractivity contribution >= 4 is 12.4 Å². The van der Waals surface area contributed by atoms with Gasteiger partial charge in [-0.05, 0) is 33.6 Å². The molecule has 15 heavy (non-hydrogen) atoms. The molecule has 1 aliphatic heterocycles. The number of aldehydes is 1. The first-order chi connectivity index (χ1) is 7.29. The van der Waals surface area contributed by atoms with E-state index in [9.17, 15) is 9.59 Å². The molecule has 0 unspecified atom stereocenters. The van der Waals surface area contributed by atoms with E-state index in [1.54, 1.807) is 4.90 Å². The quantitative estimate of drug-likeness (QED) is 0.626. The third-order valence-corrected chi connectivity index (χ3v) is 2.31. The fourth-order valence-electron chi connectivity index (χ4n) is 1.51. The van der Waals surface area contributed by atoms with E-state index in [0.717, 1.165) is 0 Å². The Labute approximate surface area is 92.0 Å². The fourth-order valence-corrected chi connectivity index (χ4v) is 1.51. The third-order valence-electron chi connectivity index (χ3n) is 2.31. The summed E-state index contributed by atoms with van der Waals surface area (Å²) in [6.45, 7) is 6.48. The lowest BCUT2D eigenvalue weighted by Gasteiger charge is -2.31. The topological polar surface area (TPSA) is 46.6 Å². The fraction of sp³-hybridized carbons (Fsp3) is 0.818. The van der Waals surface area contributed by atoms with Crippen molar-refractivity contribution in [2.75, 3.05) is 13.1 Å². The summed E-state index contributed by atoms with van der Waals surface area (Å²) in [4.78, 5) is 24.1. The highest BCUT2D eigenvalue weighted by Gasteiger charge is 2.26. The Morgan fingerprint density at radius 2 is 2.00 bits per heavy atom. The molecule has 0 aliphatic carbocycles. The van der Waals surface area contributed by atoms with Gasteiger partial charge in [0.2, 0.25) is 0 Å². The van der Waals surface area contributed by atoms with Crippen LogP contribution in [0.3, 0.4) is 0 Å². The first-order valence-electron chi connectivity index (χ1n) is 5.78. The molecule has 0 aromatic rings. The Balaban J connectivity index is 2.42. The number of ether oxygens (including phenoxy) is 1. The van der Waals surface area contributed by atoms with Crippen molar-refractivity contribution in [3.05, 3.63) is 0 Å². The molecule has 0 bridgehead atoms. The molecular weight excluding hydrogens is 194 g/mol. The highest BCUT2D eigenvalue weighted by molar-refractivity contribution is 5.68. The number of rotatable bonds is 1. The molecule has 4 nitrogen and oxygen atoms in total. The predicted molar refractivity (Wildman–Crippen MR) is 56.6 cm³/mol. The number of hydrogen-bond acceptors (Lipinski definition) is 3. The summed E-state index contributed by atoms with van der Waals surface area (Å²) in [5.74, 6) is -0.210. The number of carbonyl (C=O) groups is 2. The Morgan fingerprint density at radius 1 is 1.47 bits per heavy atom. The third kappa shape index (κ3) is 3.90. The molecule has 0 saturated carbocycles. The van der Waals surface area contributed by atoms with Crippen molar-refractivity contribution in [1.82, 2.24) is 4.90 Å². The SMILES string of the molecule is [2H]C(=O)C1CCN(C(=O)OC(C)(C)C)CC1. The molecule has 1 amide bonds. The smallest absolute Gasteiger partial charge is 0.410 e. The summed E-state index contributed by atoms with van der Waals surface area (Å²) in [5, 5.41) is 0. The predicted octanol–water partition coefficient (Wildman–Crippen LogP) is 1.83. The van der Waals surface area contributed by atoms with E-state index >= 15 is 0 Å². The van der Waals surface area contributed by atoms with E-state index in [1.165, 1.54) is 0 Å². The van der Waals surface area contributed by atoms with Crippen LogP contribution in [0, 0.1) is 5.92 Å². The molecule has 0 aromatic heterocycles. The first-order valence-corrected chi connectivity index (χ1v) is 5.28. The minimum Gasteiger partial charge on any atom is -0.444 e. The largest absolute Gasteiger partial charge is 0.444 e. The molecule has 0 aromatic carbocycles. The average molecular weight is 214 g/mol. The number of hydrogen-bond donors (Lipinski definition) is 0. The van der Waals surface area contributed by atoms with Gasteiger partial charge < -0.3 is 14.4 Å². The van der Waals surface area contributed by atoms with Crippen LogP contribution in [0.2, 0.25) is 0 Å². The molecular formula is C11H19NO3. The second kappa shape index (κ2) is 4.64. The van der Waals surface area contributed by atoms with Gasteiger partial charge in [0.1, 0.15) is 13.2 Å². The Bertz CT molecular complexity index is 277. The van der Waals surface area contributed by atoms with E-state index in [-0.39, 0.29) is 12.0 Å². The second-order valence-corrected chi connectivity index (χ2v) is 4.86. The number of piperidine rings is 1. The van der Waals surface area contributed by atoms with Gasteiger partial charge in [-0.1, -0.05) is 0 Å². The maximum Gasteiger partial charge on any atom is 0.410 e. The molecule has 0 N–H and O–H groups in total. The van der Waals surface area contributed by atoms with Crippen LogP contribution >= 0.6 is 0 Å². The summed E-state index contributed by atoms with van der Waals surface area (Å²) in [6, 6.07) is 0. The zero-order valence-corrected chi connectivity index (χ0v) is 9.58. The Hall–Kier alpha value is -1.06. The number of nitrogens with zero attached hydrogens (tertiary/aromatic N) is 1. The van der Waals surface area contributed by atoms with E-state index < -0.39 is 11.9 Å². The van der Waals surface area contributed by atoms with Crippen molar-refractivity contribution in [2.24, 2.45) is 5.92 Å². The van der Waals surface area contributed by atoms with Crippen LogP contribution in [-0.2, 0) is 9.53 Å². The zero-order chi connectivity index (χ0) is 12.3. The van der Waals surface area contributed by atoms with Crippen LogP contribution in [0.5, 0.6) is 0 Å². The van der Waals surface area contributed by atoms with Crippen molar-refractivity contribution in [1.29, 1.82) is 0 Å². The average Bonchev–Trinajstić information content (AvgIpc) is 2.15. The molecule has 1 heterocycles. The summed E-state index contributed by atoms with van der Waals surface area (Å²) >= 11 is 0. The van der Waals surface area contributed by atoms with Crippen molar-refractivity contribution in [2.45, 2.75) is 39.2 Å². The van der Waals surface area contributed by atoms with Crippen LogP contribution in [0.15, 0.2) is 0 Å². The summed E-state index contributed by atoms with van der Waals surface area (Å²) in [7, 11) is 0. The van der Waals surface area contributed by atoms with Gasteiger partial charge in [-0.3, -0.25) is 0 Å². The molecule has 86 valence electrons. The lowest BCUT2D eigenvalue weighted by molar-refractivity contribution is -0.112. The molecule has 0 radical (unpaired) electrons. The molecule has 1 aliphatic rings. The van der Waals surface area contributed by atoms with Crippen LogP contribution in [0.4, 0.5) is 4.79 Å². The second-order valence-electron chi connectivity index (χ2n) is 4.86. The minimum absolute atomic E-state index is 0.210. The van der Waals surface area contributed by atoms with Gasteiger partial charge in [0, 0.05) is 19.0 Å². The molecule has 0 atom stereocenters. The molecule has 0 spiro atoms.